The molecule has 1 amide bonds. The molecule has 21 heavy (non-hydrogen) atoms. The summed E-state index contributed by atoms with van der Waals surface area (Å²) in [7, 11) is 0. The van der Waals surface area contributed by atoms with Gasteiger partial charge in [-0.25, -0.2) is 4.79 Å². The van der Waals surface area contributed by atoms with Crippen molar-refractivity contribution in [2.75, 3.05) is 5.32 Å². The molecule has 2 unspecified atom stereocenters. The number of halogens is 1. The summed E-state index contributed by atoms with van der Waals surface area (Å²) in [6.45, 7) is 5.63. The zero-order chi connectivity index (χ0) is 15.5. The van der Waals surface area contributed by atoms with Crippen LogP contribution in [0.2, 0.25) is 0 Å². The lowest BCUT2D eigenvalue weighted by Gasteiger charge is -2.22. The standard InChI is InChI=1S/C16H23IN2O2/c1-16(2,3)21-15(20)19-12-9-8-11(10-12)18-14-7-5-4-6-13(14)17/h4-7,11-12,18H,8-10H2,1-3H3,(H,19,20). The van der Waals surface area contributed by atoms with Crippen LogP contribution in [0.1, 0.15) is 40.0 Å². The molecule has 2 rings (SSSR count). The molecule has 2 N–H and O–H groups in total. The van der Waals surface area contributed by atoms with E-state index in [-0.39, 0.29) is 12.1 Å². The Labute approximate surface area is 140 Å². The molecule has 0 saturated heterocycles. The average molecular weight is 402 g/mol. The van der Waals surface area contributed by atoms with Gasteiger partial charge in [0, 0.05) is 21.3 Å². The minimum absolute atomic E-state index is 0.193. The second kappa shape index (κ2) is 6.85. The van der Waals surface area contributed by atoms with Gasteiger partial charge in [-0.1, -0.05) is 12.1 Å². The lowest BCUT2D eigenvalue weighted by molar-refractivity contribution is 0.0505. The van der Waals surface area contributed by atoms with Crippen LogP contribution in [0.4, 0.5) is 10.5 Å². The summed E-state index contributed by atoms with van der Waals surface area (Å²) in [6.07, 6.45) is 2.66. The second-order valence-corrected chi connectivity index (χ2v) is 7.64. The van der Waals surface area contributed by atoms with Crippen LogP contribution in [-0.2, 0) is 4.74 Å². The first-order valence-electron chi connectivity index (χ1n) is 7.34. The smallest absolute Gasteiger partial charge is 0.407 e. The first-order valence-corrected chi connectivity index (χ1v) is 8.42. The molecule has 1 aromatic rings. The minimum Gasteiger partial charge on any atom is -0.444 e. The van der Waals surface area contributed by atoms with E-state index in [1.54, 1.807) is 0 Å². The summed E-state index contributed by atoms with van der Waals surface area (Å²) in [5.74, 6) is 0. The van der Waals surface area contributed by atoms with Crippen molar-refractivity contribution in [1.29, 1.82) is 0 Å². The number of ether oxygens (including phenoxy) is 1. The summed E-state index contributed by atoms with van der Waals surface area (Å²) in [5.41, 5.74) is 0.724. The van der Waals surface area contributed by atoms with Crippen molar-refractivity contribution in [3.05, 3.63) is 27.8 Å². The van der Waals surface area contributed by atoms with Gasteiger partial charge in [-0.05, 0) is 74.8 Å². The first kappa shape index (κ1) is 16.4. The maximum absolute atomic E-state index is 11.8. The summed E-state index contributed by atoms with van der Waals surface area (Å²) in [6, 6.07) is 8.86. The molecule has 5 heteroatoms. The van der Waals surface area contributed by atoms with E-state index in [0.29, 0.717) is 6.04 Å². The molecular formula is C16H23IN2O2. The maximum Gasteiger partial charge on any atom is 0.407 e. The van der Waals surface area contributed by atoms with Crippen molar-refractivity contribution >= 4 is 34.4 Å². The van der Waals surface area contributed by atoms with E-state index < -0.39 is 5.60 Å². The normalized spacial score (nSPS) is 21.9. The number of benzene rings is 1. The van der Waals surface area contributed by atoms with E-state index in [9.17, 15) is 4.79 Å². The van der Waals surface area contributed by atoms with Crippen LogP contribution >= 0.6 is 22.6 Å². The molecule has 0 aromatic heterocycles. The number of carbonyl (C=O) groups excluding carboxylic acids is 1. The Morgan fingerprint density at radius 2 is 1.90 bits per heavy atom. The highest BCUT2D eigenvalue weighted by atomic mass is 127. The van der Waals surface area contributed by atoms with Crippen molar-refractivity contribution in [3.63, 3.8) is 0 Å². The molecule has 0 heterocycles. The van der Waals surface area contributed by atoms with Crippen molar-refractivity contribution in [1.82, 2.24) is 5.32 Å². The highest BCUT2D eigenvalue weighted by Crippen LogP contribution is 2.26. The number of anilines is 1. The van der Waals surface area contributed by atoms with Gasteiger partial charge in [-0.2, -0.15) is 0 Å². The van der Waals surface area contributed by atoms with E-state index >= 15 is 0 Å². The molecule has 1 saturated carbocycles. The third-order valence-corrected chi connectivity index (χ3v) is 4.33. The van der Waals surface area contributed by atoms with Gasteiger partial charge in [-0.3, -0.25) is 0 Å². The molecule has 1 fully saturated rings. The molecule has 0 radical (unpaired) electrons. The quantitative estimate of drug-likeness (QED) is 0.747. The summed E-state index contributed by atoms with van der Waals surface area (Å²) < 4.78 is 6.52. The lowest BCUT2D eigenvalue weighted by Crippen LogP contribution is -2.38. The third kappa shape index (κ3) is 5.37. The molecule has 0 aliphatic heterocycles. The highest BCUT2D eigenvalue weighted by Gasteiger charge is 2.27. The van der Waals surface area contributed by atoms with Crippen molar-refractivity contribution < 1.29 is 9.53 Å². The van der Waals surface area contributed by atoms with Gasteiger partial charge in [0.2, 0.25) is 0 Å². The number of carbonyl (C=O) groups is 1. The summed E-state index contributed by atoms with van der Waals surface area (Å²) >= 11 is 2.33. The maximum atomic E-state index is 11.8. The Kier molecular flexibility index (Phi) is 5.35. The fourth-order valence-electron chi connectivity index (χ4n) is 2.52. The predicted molar refractivity (Wildman–Crippen MR) is 93.6 cm³/mol. The molecule has 0 bridgehead atoms. The Balaban J connectivity index is 1.81. The van der Waals surface area contributed by atoms with Crippen molar-refractivity contribution in [3.8, 4) is 0 Å². The highest BCUT2D eigenvalue weighted by molar-refractivity contribution is 14.1. The van der Waals surface area contributed by atoms with Crippen LogP contribution in [-0.4, -0.2) is 23.8 Å². The number of alkyl carbamates (subject to hydrolysis) is 1. The average Bonchev–Trinajstić information content (AvgIpc) is 2.77. The molecule has 1 aliphatic rings. The van der Waals surface area contributed by atoms with Crippen molar-refractivity contribution in [2.24, 2.45) is 0 Å². The predicted octanol–water partition coefficient (Wildman–Crippen LogP) is 4.15. The number of nitrogens with one attached hydrogen (secondary N) is 2. The zero-order valence-corrected chi connectivity index (χ0v) is 14.9. The molecule has 1 aromatic carbocycles. The fraction of sp³-hybridized carbons (Fsp3) is 0.562. The monoisotopic (exact) mass is 402 g/mol. The van der Waals surface area contributed by atoms with Crippen LogP contribution in [0.5, 0.6) is 0 Å². The largest absolute Gasteiger partial charge is 0.444 e. The van der Waals surface area contributed by atoms with Gasteiger partial charge in [0.05, 0.1) is 0 Å². The SMILES string of the molecule is CC(C)(C)OC(=O)NC1CCC(Nc2ccccc2I)C1. The van der Waals surface area contributed by atoms with Gasteiger partial charge < -0.3 is 15.4 Å². The van der Waals surface area contributed by atoms with Gasteiger partial charge in [0.1, 0.15) is 5.60 Å². The van der Waals surface area contributed by atoms with Gasteiger partial charge in [-0.15, -0.1) is 0 Å². The fourth-order valence-corrected chi connectivity index (χ4v) is 3.06. The molecule has 1 aliphatic carbocycles. The Bertz CT molecular complexity index is 499. The van der Waals surface area contributed by atoms with Crippen molar-refractivity contribution in [2.45, 2.75) is 57.7 Å². The summed E-state index contributed by atoms with van der Waals surface area (Å²) in [5, 5.41) is 6.52. The molecule has 4 nitrogen and oxygen atoms in total. The van der Waals surface area contributed by atoms with E-state index in [2.05, 4.69) is 45.4 Å². The van der Waals surface area contributed by atoms with Crippen LogP contribution in [0.25, 0.3) is 0 Å². The van der Waals surface area contributed by atoms with Gasteiger partial charge >= 0.3 is 6.09 Å². The van der Waals surface area contributed by atoms with Gasteiger partial charge in [0.15, 0.2) is 0 Å². The summed E-state index contributed by atoms with van der Waals surface area (Å²) in [4.78, 5) is 11.8. The van der Waals surface area contributed by atoms with Gasteiger partial charge in [0.25, 0.3) is 0 Å². The lowest BCUT2D eigenvalue weighted by atomic mass is 10.2. The topological polar surface area (TPSA) is 50.4 Å². The molecule has 116 valence electrons. The van der Waals surface area contributed by atoms with E-state index in [0.717, 1.165) is 19.3 Å². The van der Waals surface area contributed by atoms with Crippen LogP contribution in [0, 0.1) is 3.57 Å². The Morgan fingerprint density at radius 3 is 2.57 bits per heavy atom. The number of hydrogen-bond acceptors (Lipinski definition) is 3. The zero-order valence-electron chi connectivity index (χ0n) is 12.8. The third-order valence-electron chi connectivity index (χ3n) is 3.39. The molecule has 2 atom stereocenters. The molecular weight excluding hydrogens is 379 g/mol. The van der Waals surface area contributed by atoms with E-state index in [1.807, 2.05) is 32.9 Å². The Morgan fingerprint density at radius 1 is 1.24 bits per heavy atom. The van der Waals surface area contributed by atoms with E-state index in [1.165, 1.54) is 9.26 Å². The number of para-hydroxylation sites is 1. The minimum atomic E-state index is -0.444. The molecule has 0 spiro atoms. The van der Waals surface area contributed by atoms with Crippen LogP contribution in [0.15, 0.2) is 24.3 Å². The number of amides is 1. The van der Waals surface area contributed by atoms with E-state index in [4.69, 9.17) is 4.74 Å². The number of rotatable bonds is 3. The van der Waals surface area contributed by atoms with Crippen LogP contribution in [0.3, 0.4) is 0 Å². The first-order chi connectivity index (χ1) is 9.83. The number of hydrogen-bond donors (Lipinski definition) is 2. The Hall–Kier alpha value is -0.980. The second-order valence-electron chi connectivity index (χ2n) is 6.48. The van der Waals surface area contributed by atoms with Crippen LogP contribution < -0.4 is 10.6 Å².